The minimum absolute atomic E-state index is 0.0530. The number of anilines is 1. The Kier molecular flexibility index (Phi) is 4.71. The van der Waals surface area contributed by atoms with Crippen molar-refractivity contribution in [2.75, 3.05) is 31.6 Å². The van der Waals surface area contributed by atoms with Crippen LogP contribution < -0.4 is 5.32 Å². The maximum Gasteiger partial charge on any atom is 0.352 e. The highest BCUT2D eigenvalue weighted by Gasteiger charge is 2.33. The number of para-hydroxylation sites is 1. The Morgan fingerprint density at radius 3 is 2.70 bits per heavy atom. The van der Waals surface area contributed by atoms with Crippen LogP contribution in [0.25, 0.3) is 0 Å². The lowest BCUT2D eigenvalue weighted by atomic mass is 9.95. The van der Waals surface area contributed by atoms with Gasteiger partial charge < -0.3 is 10.1 Å². The molecule has 0 radical (unpaired) electrons. The van der Waals surface area contributed by atoms with Crippen LogP contribution in [0.1, 0.15) is 30.7 Å². The van der Waals surface area contributed by atoms with E-state index in [0.717, 1.165) is 31.5 Å². The van der Waals surface area contributed by atoms with Crippen molar-refractivity contribution >= 4 is 23.3 Å². The van der Waals surface area contributed by atoms with Crippen LogP contribution in [0.4, 0.5) is 5.69 Å². The fraction of sp³-hybridized carbons (Fsp3) is 0.471. The standard InChI is InChI=1S/C17H21N3O3/c18-16-13(11-23-17(16)22)12-6-2-3-7-14(12)19-15(21)10-20-8-4-1-5-9-20/h2-3,6-7,13,18H,1,4-5,8-11H2,(H,19,21)/t13-/m0/s1. The van der Waals surface area contributed by atoms with E-state index in [1.165, 1.54) is 6.42 Å². The van der Waals surface area contributed by atoms with Crippen LogP contribution in [0, 0.1) is 5.41 Å². The molecule has 2 fully saturated rings. The molecule has 3 rings (SSSR count). The summed E-state index contributed by atoms with van der Waals surface area (Å²) in [7, 11) is 0. The first-order valence-electron chi connectivity index (χ1n) is 8.02. The minimum atomic E-state index is -0.579. The molecule has 6 nitrogen and oxygen atoms in total. The molecule has 0 aromatic heterocycles. The summed E-state index contributed by atoms with van der Waals surface area (Å²) in [5.41, 5.74) is 1.36. The summed E-state index contributed by atoms with van der Waals surface area (Å²) in [6.45, 7) is 2.47. The van der Waals surface area contributed by atoms with Crippen molar-refractivity contribution < 1.29 is 14.3 Å². The van der Waals surface area contributed by atoms with Gasteiger partial charge in [0.05, 0.1) is 12.5 Å². The number of piperidine rings is 1. The number of likely N-dealkylation sites (tertiary alicyclic amines) is 1. The molecule has 1 amide bonds. The molecule has 2 heterocycles. The van der Waals surface area contributed by atoms with Crippen molar-refractivity contribution in [1.29, 1.82) is 5.41 Å². The van der Waals surface area contributed by atoms with Crippen LogP contribution in [0.3, 0.4) is 0 Å². The normalized spacial score (nSPS) is 22.0. The molecule has 2 N–H and O–H groups in total. The first-order chi connectivity index (χ1) is 11.1. The predicted molar refractivity (Wildman–Crippen MR) is 86.8 cm³/mol. The fourth-order valence-corrected chi connectivity index (χ4v) is 3.13. The number of nitrogens with zero attached hydrogens (tertiary/aromatic N) is 1. The molecule has 2 saturated heterocycles. The van der Waals surface area contributed by atoms with E-state index in [2.05, 4.69) is 10.2 Å². The molecular formula is C17H21N3O3. The van der Waals surface area contributed by atoms with Gasteiger partial charge in [-0.3, -0.25) is 15.1 Å². The minimum Gasteiger partial charge on any atom is -0.460 e. The van der Waals surface area contributed by atoms with Crippen LogP contribution in [0.5, 0.6) is 0 Å². The molecule has 0 unspecified atom stereocenters. The number of rotatable bonds is 4. The Hall–Kier alpha value is -2.21. The van der Waals surface area contributed by atoms with Gasteiger partial charge in [0, 0.05) is 5.69 Å². The second-order valence-corrected chi connectivity index (χ2v) is 6.04. The molecule has 1 atom stereocenters. The van der Waals surface area contributed by atoms with Crippen LogP contribution in [-0.2, 0) is 14.3 Å². The third-order valence-electron chi connectivity index (χ3n) is 4.38. The van der Waals surface area contributed by atoms with Crippen molar-refractivity contribution in [2.45, 2.75) is 25.2 Å². The highest BCUT2D eigenvalue weighted by molar-refractivity contribution is 6.39. The van der Waals surface area contributed by atoms with Gasteiger partial charge in [-0.15, -0.1) is 0 Å². The number of carbonyl (C=O) groups is 2. The maximum atomic E-state index is 12.3. The summed E-state index contributed by atoms with van der Waals surface area (Å²) in [6, 6.07) is 7.31. The first kappa shape index (κ1) is 15.7. The summed E-state index contributed by atoms with van der Waals surface area (Å²) >= 11 is 0. The Bertz CT molecular complexity index is 623. The summed E-state index contributed by atoms with van der Waals surface area (Å²) < 4.78 is 4.93. The molecule has 0 bridgehead atoms. The number of esters is 1. The van der Waals surface area contributed by atoms with E-state index in [1.54, 1.807) is 6.07 Å². The maximum absolute atomic E-state index is 12.3. The van der Waals surface area contributed by atoms with Gasteiger partial charge >= 0.3 is 5.97 Å². The zero-order valence-corrected chi connectivity index (χ0v) is 13.0. The smallest absolute Gasteiger partial charge is 0.352 e. The highest BCUT2D eigenvalue weighted by atomic mass is 16.5. The average molecular weight is 315 g/mol. The third-order valence-corrected chi connectivity index (χ3v) is 4.38. The van der Waals surface area contributed by atoms with Gasteiger partial charge in [-0.2, -0.15) is 0 Å². The first-order valence-corrected chi connectivity index (χ1v) is 8.02. The second-order valence-electron chi connectivity index (χ2n) is 6.04. The quantitative estimate of drug-likeness (QED) is 0.830. The number of nitrogens with one attached hydrogen (secondary N) is 2. The second kappa shape index (κ2) is 6.91. The molecule has 122 valence electrons. The molecule has 1 aromatic carbocycles. The van der Waals surface area contributed by atoms with E-state index in [9.17, 15) is 9.59 Å². The van der Waals surface area contributed by atoms with Crippen LogP contribution >= 0.6 is 0 Å². The summed E-state index contributed by atoms with van der Waals surface area (Å²) in [6.07, 6.45) is 3.52. The van der Waals surface area contributed by atoms with Gasteiger partial charge in [0.15, 0.2) is 0 Å². The van der Waals surface area contributed by atoms with Crippen LogP contribution in [0.15, 0.2) is 24.3 Å². The number of amides is 1. The SMILES string of the molecule is N=C1C(=O)OC[C@H]1c1ccccc1NC(=O)CN1CCCCC1. The van der Waals surface area contributed by atoms with E-state index < -0.39 is 11.9 Å². The molecule has 23 heavy (non-hydrogen) atoms. The zero-order chi connectivity index (χ0) is 16.2. The van der Waals surface area contributed by atoms with Crippen LogP contribution in [-0.4, -0.2) is 48.7 Å². The van der Waals surface area contributed by atoms with Gasteiger partial charge in [-0.1, -0.05) is 24.6 Å². The Balaban J connectivity index is 1.69. The Morgan fingerprint density at radius 2 is 2.00 bits per heavy atom. The Labute approximate surface area is 135 Å². The van der Waals surface area contributed by atoms with E-state index in [0.29, 0.717) is 12.2 Å². The van der Waals surface area contributed by atoms with Crippen molar-refractivity contribution in [1.82, 2.24) is 4.90 Å². The molecule has 6 heteroatoms. The van der Waals surface area contributed by atoms with Gasteiger partial charge in [-0.05, 0) is 37.6 Å². The van der Waals surface area contributed by atoms with Gasteiger partial charge in [0.2, 0.25) is 5.91 Å². The topological polar surface area (TPSA) is 82.5 Å². The highest BCUT2D eigenvalue weighted by Crippen LogP contribution is 2.29. The van der Waals surface area contributed by atoms with Gasteiger partial charge in [0.25, 0.3) is 0 Å². The molecule has 2 aliphatic heterocycles. The third kappa shape index (κ3) is 3.59. The van der Waals surface area contributed by atoms with Gasteiger partial charge in [0.1, 0.15) is 12.3 Å². The Morgan fingerprint density at radius 1 is 1.26 bits per heavy atom. The zero-order valence-electron chi connectivity index (χ0n) is 13.0. The van der Waals surface area contributed by atoms with E-state index in [4.69, 9.17) is 10.1 Å². The molecular weight excluding hydrogens is 294 g/mol. The number of carbonyl (C=O) groups excluding carboxylic acids is 2. The number of cyclic esters (lactones) is 1. The van der Waals surface area contributed by atoms with Gasteiger partial charge in [-0.25, -0.2) is 4.79 Å². The lowest BCUT2D eigenvalue weighted by molar-refractivity contribution is -0.132. The van der Waals surface area contributed by atoms with Crippen molar-refractivity contribution in [2.24, 2.45) is 0 Å². The van der Waals surface area contributed by atoms with E-state index in [-0.39, 0.29) is 18.2 Å². The lowest BCUT2D eigenvalue weighted by Gasteiger charge is -2.26. The van der Waals surface area contributed by atoms with E-state index >= 15 is 0 Å². The molecule has 0 spiro atoms. The van der Waals surface area contributed by atoms with Crippen LogP contribution in [0.2, 0.25) is 0 Å². The average Bonchev–Trinajstić information content (AvgIpc) is 2.88. The molecule has 0 saturated carbocycles. The van der Waals surface area contributed by atoms with Crippen molar-refractivity contribution in [3.05, 3.63) is 29.8 Å². The largest absolute Gasteiger partial charge is 0.460 e. The fourth-order valence-electron chi connectivity index (χ4n) is 3.13. The lowest BCUT2D eigenvalue weighted by Crippen LogP contribution is -2.37. The number of ether oxygens (including phenoxy) is 1. The van der Waals surface area contributed by atoms with Crippen molar-refractivity contribution in [3.63, 3.8) is 0 Å². The summed E-state index contributed by atoms with van der Waals surface area (Å²) in [4.78, 5) is 25.9. The number of benzene rings is 1. The van der Waals surface area contributed by atoms with E-state index in [1.807, 2.05) is 18.2 Å². The number of hydrogen-bond acceptors (Lipinski definition) is 5. The van der Waals surface area contributed by atoms with Crippen molar-refractivity contribution in [3.8, 4) is 0 Å². The molecule has 0 aliphatic carbocycles. The number of hydrogen-bond donors (Lipinski definition) is 2. The molecule has 1 aromatic rings. The summed E-state index contributed by atoms with van der Waals surface area (Å²) in [5, 5.41) is 10.8. The molecule has 2 aliphatic rings. The monoisotopic (exact) mass is 315 g/mol. The summed E-state index contributed by atoms with van der Waals surface area (Å²) in [5.74, 6) is -1.05. The predicted octanol–water partition coefficient (Wildman–Crippen LogP) is 1.77.